The second-order valence-electron chi connectivity index (χ2n) is 6.27. The first-order chi connectivity index (χ1) is 12.1. The molecule has 0 radical (unpaired) electrons. The Bertz CT molecular complexity index is 662. The molecule has 0 aliphatic carbocycles. The van der Waals surface area contributed by atoms with Crippen LogP contribution in [0.3, 0.4) is 0 Å². The van der Waals surface area contributed by atoms with Gasteiger partial charge in [0.15, 0.2) is 11.5 Å². The van der Waals surface area contributed by atoms with Crippen molar-refractivity contribution in [2.75, 3.05) is 13.7 Å². The Balaban J connectivity index is 0.00000338. The standard InChI is InChI=1S/C21H28BrNO2.ClH/c1-4-5-6-11-23-14-18-12-19(22)21(20(13-18)24-3)25-15-17-9-7-16(2)8-10-17;/h7-10,12-13,23H,4-6,11,14-15H2,1-3H3;1H. The SMILES string of the molecule is CCCCCNCc1cc(Br)c(OCc2ccc(C)cc2)c(OC)c1.Cl. The van der Waals surface area contributed by atoms with Crippen molar-refractivity contribution >= 4 is 28.3 Å². The van der Waals surface area contributed by atoms with Crippen molar-refractivity contribution in [2.45, 2.75) is 46.3 Å². The Morgan fingerprint density at radius 1 is 1.04 bits per heavy atom. The predicted octanol–water partition coefficient (Wildman–Crippen LogP) is 6.05. The van der Waals surface area contributed by atoms with Crippen molar-refractivity contribution in [1.82, 2.24) is 5.32 Å². The molecular weight excluding hydrogens is 414 g/mol. The third-order valence-electron chi connectivity index (χ3n) is 4.08. The summed E-state index contributed by atoms with van der Waals surface area (Å²) in [6.07, 6.45) is 3.73. The Labute approximate surface area is 172 Å². The zero-order valence-corrected chi connectivity index (χ0v) is 18.2. The molecule has 0 saturated carbocycles. The van der Waals surface area contributed by atoms with Gasteiger partial charge in [0.2, 0.25) is 0 Å². The van der Waals surface area contributed by atoms with E-state index in [9.17, 15) is 0 Å². The summed E-state index contributed by atoms with van der Waals surface area (Å²) in [5.74, 6) is 1.50. The minimum Gasteiger partial charge on any atom is -0.493 e. The number of aryl methyl sites for hydroxylation is 1. The van der Waals surface area contributed by atoms with Gasteiger partial charge in [-0.2, -0.15) is 0 Å². The normalized spacial score (nSPS) is 10.3. The molecule has 0 bridgehead atoms. The van der Waals surface area contributed by atoms with Crippen molar-refractivity contribution in [2.24, 2.45) is 0 Å². The molecule has 0 unspecified atom stereocenters. The number of nitrogens with one attached hydrogen (secondary N) is 1. The molecule has 1 N–H and O–H groups in total. The van der Waals surface area contributed by atoms with Crippen LogP contribution in [-0.2, 0) is 13.2 Å². The first-order valence-electron chi connectivity index (χ1n) is 8.89. The van der Waals surface area contributed by atoms with Crippen molar-refractivity contribution < 1.29 is 9.47 Å². The van der Waals surface area contributed by atoms with Gasteiger partial charge in [-0.15, -0.1) is 12.4 Å². The van der Waals surface area contributed by atoms with Crippen LogP contribution in [0.25, 0.3) is 0 Å². The first kappa shape index (κ1) is 22.8. The van der Waals surface area contributed by atoms with Gasteiger partial charge >= 0.3 is 0 Å². The van der Waals surface area contributed by atoms with Crippen molar-refractivity contribution in [1.29, 1.82) is 0 Å². The summed E-state index contributed by atoms with van der Waals surface area (Å²) in [6, 6.07) is 12.5. The third kappa shape index (κ3) is 7.18. The maximum Gasteiger partial charge on any atom is 0.175 e. The zero-order valence-electron chi connectivity index (χ0n) is 15.8. The second kappa shape index (κ2) is 12.2. The second-order valence-corrected chi connectivity index (χ2v) is 7.12. The Morgan fingerprint density at radius 3 is 2.42 bits per heavy atom. The fraction of sp³-hybridized carbons (Fsp3) is 0.429. The van der Waals surface area contributed by atoms with E-state index >= 15 is 0 Å². The molecule has 144 valence electrons. The number of hydrogen-bond acceptors (Lipinski definition) is 3. The largest absolute Gasteiger partial charge is 0.493 e. The van der Waals surface area contributed by atoms with Gasteiger partial charge in [0.25, 0.3) is 0 Å². The Kier molecular flexibility index (Phi) is 10.7. The molecule has 0 saturated heterocycles. The number of hydrogen-bond donors (Lipinski definition) is 1. The number of halogens is 2. The summed E-state index contributed by atoms with van der Waals surface area (Å²) < 4.78 is 12.5. The lowest BCUT2D eigenvalue weighted by molar-refractivity contribution is 0.282. The van der Waals surface area contributed by atoms with Gasteiger partial charge < -0.3 is 14.8 Å². The van der Waals surface area contributed by atoms with E-state index in [1.165, 1.54) is 30.4 Å². The number of unbranched alkanes of at least 4 members (excludes halogenated alkanes) is 2. The maximum absolute atomic E-state index is 6.01. The minimum absolute atomic E-state index is 0. The highest BCUT2D eigenvalue weighted by Crippen LogP contribution is 2.37. The van der Waals surface area contributed by atoms with Gasteiger partial charge in [0.05, 0.1) is 11.6 Å². The van der Waals surface area contributed by atoms with Crippen LogP contribution in [0.4, 0.5) is 0 Å². The fourth-order valence-electron chi connectivity index (χ4n) is 2.59. The molecule has 0 fully saturated rings. The smallest absolute Gasteiger partial charge is 0.175 e. The Morgan fingerprint density at radius 2 is 1.77 bits per heavy atom. The molecule has 0 heterocycles. The van der Waals surface area contributed by atoms with Crippen molar-refractivity contribution in [3.8, 4) is 11.5 Å². The van der Waals surface area contributed by atoms with E-state index < -0.39 is 0 Å². The van der Waals surface area contributed by atoms with E-state index in [4.69, 9.17) is 9.47 Å². The van der Waals surface area contributed by atoms with Gasteiger partial charge in [-0.3, -0.25) is 0 Å². The minimum atomic E-state index is 0. The van der Waals surface area contributed by atoms with Gasteiger partial charge in [-0.25, -0.2) is 0 Å². The summed E-state index contributed by atoms with van der Waals surface area (Å²) >= 11 is 3.63. The van der Waals surface area contributed by atoms with Crippen molar-refractivity contribution in [3.63, 3.8) is 0 Å². The molecule has 0 amide bonds. The van der Waals surface area contributed by atoms with E-state index in [0.29, 0.717) is 6.61 Å². The predicted molar refractivity (Wildman–Crippen MR) is 115 cm³/mol. The lowest BCUT2D eigenvalue weighted by Gasteiger charge is -2.15. The molecule has 0 atom stereocenters. The highest BCUT2D eigenvalue weighted by atomic mass is 79.9. The monoisotopic (exact) mass is 441 g/mol. The first-order valence-corrected chi connectivity index (χ1v) is 9.68. The van der Waals surface area contributed by atoms with Crippen LogP contribution in [0.15, 0.2) is 40.9 Å². The third-order valence-corrected chi connectivity index (χ3v) is 4.67. The van der Waals surface area contributed by atoms with Crippen LogP contribution in [-0.4, -0.2) is 13.7 Å². The topological polar surface area (TPSA) is 30.5 Å². The molecule has 2 aromatic carbocycles. The number of rotatable bonds is 10. The molecular formula is C21H29BrClNO2. The maximum atomic E-state index is 6.01. The van der Waals surface area contributed by atoms with Gasteiger partial charge in [-0.05, 0) is 59.1 Å². The number of methoxy groups -OCH3 is 1. The quantitative estimate of drug-likeness (QED) is 0.454. The van der Waals surface area contributed by atoms with Crippen LogP contribution in [0.1, 0.15) is 42.9 Å². The van der Waals surface area contributed by atoms with Gasteiger partial charge in [0.1, 0.15) is 6.61 Å². The molecule has 2 rings (SSSR count). The van der Waals surface area contributed by atoms with Crippen molar-refractivity contribution in [3.05, 3.63) is 57.6 Å². The van der Waals surface area contributed by atoms with Gasteiger partial charge in [-0.1, -0.05) is 49.6 Å². The lowest BCUT2D eigenvalue weighted by atomic mass is 10.1. The fourth-order valence-corrected chi connectivity index (χ4v) is 3.19. The number of ether oxygens (including phenoxy) is 2. The summed E-state index contributed by atoms with van der Waals surface area (Å²) in [6.45, 7) is 6.69. The lowest BCUT2D eigenvalue weighted by Crippen LogP contribution is -2.14. The average molecular weight is 443 g/mol. The van der Waals surface area contributed by atoms with Crippen LogP contribution in [0.5, 0.6) is 11.5 Å². The highest BCUT2D eigenvalue weighted by molar-refractivity contribution is 9.10. The van der Waals surface area contributed by atoms with E-state index in [2.05, 4.69) is 65.4 Å². The summed E-state index contributed by atoms with van der Waals surface area (Å²) in [4.78, 5) is 0. The molecule has 5 heteroatoms. The molecule has 0 aliphatic rings. The van der Waals surface area contributed by atoms with E-state index in [-0.39, 0.29) is 12.4 Å². The molecule has 0 aromatic heterocycles. The summed E-state index contributed by atoms with van der Waals surface area (Å²) in [5.41, 5.74) is 3.57. The van der Waals surface area contributed by atoms with Crippen LogP contribution in [0.2, 0.25) is 0 Å². The van der Waals surface area contributed by atoms with Gasteiger partial charge in [0, 0.05) is 6.54 Å². The molecule has 26 heavy (non-hydrogen) atoms. The number of benzene rings is 2. The van der Waals surface area contributed by atoms with Crippen LogP contribution in [0, 0.1) is 6.92 Å². The van der Waals surface area contributed by atoms with E-state index in [0.717, 1.165) is 34.6 Å². The highest BCUT2D eigenvalue weighted by Gasteiger charge is 2.12. The van der Waals surface area contributed by atoms with E-state index in [1.807, 2.05) is 6.07 Å². The average Bonchev–Trinajstić information content (AvgIpc) is 2.61. The zero-order chi connectivity index (χ0) is 18.1. The summed E-state index contributed by atoms with van der Waals surface area (Å²) in [7, 11) is 1.68. The van der Waals surface area contributed by atoms with Crippen LogP contribution >= 0.6 is 28.3 Å². The molecule has 0 aliphatic heterocycles. The summed E-state index contributed by atoms with van der Waals surface area (Å²) in [5, 5.41) is 3.48. The Hall–Kier alpha value is -1.23. The molecule has 3 nitrogen and oxygen atoms in total. The van der Waals surface area contributed by atoms with E-state index in [1.54, 1.807) is 7.11 Å². The molecule has 2 aromatic rings. The molecule has 0 spiro atoms. The van der Waals surface area contributed by atoms with Crippen LogP contribution < -0.4 is 14.8 Å².